The maximum absolute atomic E-state index is 4.45. The van der Waals surface area contributed by atoms with E-state index in [1.165, 1.54) is 0 Å². The Morgan fingerprint density at radius 3 is 2.71 bits per heavy atom. The van der Waals surface area contributed by atoms with Gasteiger partial charge in [0.25, 0.3) is 0 Å². The van der Waals surface area contributed by atoms with Gasteiger partial charge in [-0.25, -0.2) is 9.97 Å². The SMILES string of the molecule is CCc1nc(Br)cc(SCC(C)C)n1. The van der Waals surface area contributed by atoms with Gasteiger partial charge in [-0.2, -0.15) is 0 Å². The summed E-state index contributed by atoms with van der Waals surface area (Å²) in [5, 5.41) is 1.07. The second kappa shape index (κ2) is 5.71. The topological polar surface area (TPSA) is 25.8 Å². The maximum Gasteiger partial charge on any atom is 0.130 e. The van der Waals surface area contributed by atoms with Crippen LogP contribution in [0.25, 0.3) is 0 Å². The van der Waals surface area contributed by atoms with Crippen molar-refractivity contribution in [2.75, 3.05) is 5.75 Å². The first kappa shape index (κ1) is 12.0. The normalized spacial score (nSPS) is 10.9. The van der Waals surface area contributed by atoms with E-state index >= 15 is 0 Å². The van der Waals surface area contributed by atoms with Gasteiger partial charge in [0.15, 0.2) is 0 Å². The predicted molar refractivity (Wildman–Crippen MR) is 64.7 cm³/mol. The quantitative estimate of drug-likeness (QED) is 0.620. The third kappa shape index (κ3) is 3.96. The molecule has 0 bridgehead atoms. The molecule has 0 saturated carbocycles. The number of halogens is 1. The van der Waals surface area contributed by atoms with Crippen molar-refractivity contribution >= 4 is 27.7 Å². The van der Waals surface area contributed by atoms with E-state index in [1.54, 1.807) is 11.8 Å². The molecular weight excluding hydrogens is 260 g/mol. The molecular formula is C10H15BrN2S. The lowest BCUT2D eigenvalue weighted by atomic mass is 10.3. The van der Waals surface area contributed by atoms with E-state index in [4.69, 9.17) is 0 Å². The van der Waals surface area contributed by atoms with Crippen LogP contribution in [0.1, 0.15) is 26.6 Å². The van der Waals surface area contributed by atoms with Crippen LogP contribution in [-0.2, 0) is 6.42 Å². The molecule has 0 atom stereocenters. The standard InChI is InChI=1S/C10H15BrN2S/c1-4-9-12-8(11)5-10(13-9)14-6-7(2)3/h5,7H,4,6H2,1-3H3. The average Bonchev–Trinajstić information content (AvgIpc) is 2.14. The zero-order valence-electron chi connectivity index (χ0n) is 8.75. The summed E-state index contributed by atoms with van der Waals surface area (Å²) in [4.78, 5) is 8.72. The number of hydrogen-bond donors (Lipinski definition) is 0. The van der Waals surface area contributed by atoms with Gasteiger partial charge < -0.3 is 0 Å². The number of rotatable bonds is 4. The van der Waals surface area contributed by atoms with Crippen molar-refractivity contribution in [3.8, 4) is 0 Å². The van der Waals surface area contributed by atoms with Gasteiger partial charge in [0, 0.05) is 18.2 Å². The second-order valence-corrected chi connectivity index (χ2v) is 5.36. The van der Waals surface area contributed by atoms with Crippen molar-refractivity contribution in [2.24, 2.45) is 5.92 Å². The molecule has 1 aromatic heterocycles. The van der Waals surface area contributed by atoms with Crippen LogP contribution in [0.4, 0.5) is 0 Å². The molecule has 0 unspecified atom stereocenters. The molecule has 0 fully saturated rings. The van der Waals surface area contributed by atoms with E-state index in [9.17, 15) is 0 Å². The number of aryl methyl sites for hydroxylation is 1. The highest BCUT2D eigenvalue weighted by molar-refractivity contribution is 9.10. The lowest BCUT2D eigenvalue weighted by Crippen LogP contribution is -1.97. The number of thioether (sulfide) groups is 1. The van der Waals surface area contributed by atoms with Crippen molar-refractivity contribution < 1.29 is 0 Å². The Labute approximate surface area is 98.1 Å². The highest BCUT2D eigenvalue weighted by Gasteiger charge is 2.03. The van der Waals surface area contributed by atoms with E-state index in [2.05, 4.69) is 46.7 Å². The molecule has 0 aliphatic rings. The zero-order chi connectivity index (χ0) is 10.6. The molecule has 78 valence electrons. The first-order valence-electron chi connectivity index (χ1n) is 4.78. The molecule has 0 aliphatic heterocycles. The highest BCUT2D eigenvalue weighted by Crippen LogP contribution is 2.21. The Morgan fingerprint density at radius 1 is 1.43 bits per heavy atom. The van der Waals surface area contributed by atoms with Crippen LogP contribution in [0.3, 0.4) is 0 Å². The van der Waals surface area contributed by atoms with Gasteiger partial charge in [0.1, 0.15) is 15.5 Å². The second-order valence-electron chi connectivity index (χ2n) is 3.50. The Balaban J connectivity index is 2.71. The van der Waals surface area contributed by atoms with Crippen LogP contribution in [0, 0.1) is 5.92 Å². The van der Waals surface area contributed by atoms with Crippen molar-refractivity contribution in [3.05, 3.63) is 16.5 Å². The summed E-state index contributed by atoms with van der Waals surface area (Å²) in [6.07, 6.45) is 0.884. The molecule has 4 heteroatoms. The van der Waals surface area contributed by atoms with Crippen molar-refractivity contribution in [2.45, 2.75) is 32.2 Å². The Kier molecular flexibility index (Phi) is 4.89. The lowest BCUT2D eigenvalue weighted by molar-refractivity contribution is 0.748. The van der Waals surface area contributed by atoms with E-state index in [1.807, 2.05) is 6.07 Å². The number of hydrogen-bond acceptors (Lipinski definition) is 3. The minimum absolute atomic E-state index is 0.693. The monoisotopic (exact) mass is 274 g/mol. The summed E-state index contributed by atoms with van der Waals surface area (Å²) in [5.74, 6) is 2.71. The fourth-order valence-electron chi connectivity index (χ4n) is 0.926. The van der Waals surface area contributed by atoms with Gasteiger partial charge in [-0.1, -0.05) is 20.8 Å². The van der Waals surface area contributed by atoms with E-state index in [0.717, 1.165) is 27.6 Å². The van der Waals surface area contributed by atoms with Gasteiger partial charge in [-0.15, -0.1) is 11.8 Å². The predicted octanol–water partition coefficient (Wildman–Crippen LogP) is 3.55. The first-order valence-corrected chi connectivity index (χ1v) is 6.56. The molecule has 1 aromatic rings. The van der Waals surface area contributed by atoms with Crippen LogP contribution in [0.2, 0.25) is 0 Å². The molecule has 1 rings (SSSR count). The fourth-order valence-corrected chi connectivity index (χ4v) is 2.37. The minimum atomic E-state index is 0.693. The largest absolute Gasteiger partial charge is 0.227 e. The van der Waals surface area contributed by atoms with Crippen LogP contribution in [0.15, 0.2) is 15.7 Å². The molecule has 0 amide bonds. The van der Waals surface area contributed by atoms with Gasteiger partial charge in [0.2, 0.25) is 0 Å². The van der Waals surface area contributed by atoms with Crippen molar-refractivity contribution in [1.29, 1.82) is 0 Å². The van der Waals surface area contributed by atoms with E-state index in [-0.39, 0.29) is 0 Å². The van der Waals surface area contributed by atoms with Crippen molar-refractivity contribution in [1.82, 2.24) is 9.97 Å². The van der Waals surface area contributed by atoms with Crippen LogP contribution in [-0.4, -0.2) is 15.7 Å². The molecule has 1 heterocycles. The Morgan fingerprint density at radius 2 is 2.14 bits per heavy atom. The molecule has 0 aliphatic carbocycles. The molecule has 0 spiro atoms. The number of nitrogens with zero attached hydrogens (tertiary/aromatic N) is 2. The van der Waals surface area contributed by atoms with E-state index in [0.29, 0.717) is 5.92 Å². The number of aromatic nitrogens is 2. The molecule has 0 N–H and O–H groups in total. The van der Waals surface area contributed by atoms with Gasteiger partial charge in [0.05, 0.1) is 0 Å². The smallest absolute Gasteiger partial charge is 0.130 e. The third-order valence-corrected chi connectivity index (χ3v) is 3.34. The molecule has 0 saturated heterocycles. The van der Waals surface area contributed by atoms with Crippen molar-refractivity contribution in [3.63, 3.8) is 0 Å². The average molecular weight is 275 g/mol. The van der Waals surface area contributed by atoms with Crippen LogP contribution >= 0.6 is 27.7 Å². The van der Waals surface area contributed by atoms with Gasteiger partial charge >= 0.3 is 0 Å². The summed E-state index contributed by atoms with van der Waals surface area (Å²) >= 11 is 5.19. The zero-order valence-corrected chi connectivity index (χ0v) is 11.2. The highest BCUT2D eigenvalue weighted by atomic mass is 79.9. The Bertz CT molecular complexity index is 302. The fraction of sp³-hybridized carbons (Fsp3) is 0.600. The minimum Gasteiger partial charge on any atom is -0.227 e. The summed E-state index contributed by atoms with van der Waals surface area (Å²) < 4.78 is 0.885. The first-order chi connectivity index (χ1) is 6.61. The lowest BCUT2D eigenvalue weighted by Gasteiger charge is -2.05. The summed E-state index contributed by atoms with van der Waals surface area (Å²) in [7, 11) is 0. The maximum atomic E-state index is 4.45. The molecule has 0 aromatic carbocycles. The van der Waals surface area contributed by atoms with Gasteiger partial charge in [-0.3, -0.25) is 0 Å². The van der Waals surface area contributed by atoms with E-state index < -0.39 is 0 Å². The third-order valence-electron chi connectivity index (χ3n) is 1.60. The molecule has 0 radical (unpaired) electrons. The summed E-state index contributed by atoms with van der Waals surface area (Å²) in [6, 6.07) is 1.98. The molecule has 14 heavy (non-hydrogen) atoms. The van der Waals surface area contributed by atoms with Gasteiger partial charge in [-0.05, 0) is 21.8 Å². The Hall–Kier alpha value is -0.0900. The van der Waals surface area contributed by atoms with Crippen LogP contribution < -0.4 is 0 Å². The molecule has 2 nitrogen and oxygen atoms in total. The summed E-state index contributed by atoms with van der Waals surface area (Å²) in [5.41, 5.74) is 0. The van der Waals surface area contributed by atoms with Crippen LogP contribution in [0.5, 0.6) is 0 Å². The summed E-state index contributed by atoms with van der Waals surface area (Å²) in [6.45, 7) is 6.49.